The molecule has 7 heteroatoms. The van der Waals surface area contributed by atoms with Crippen LogP contribution in [-0.2, 0) is 6.54 Å². The molecule has 1 heterocycles. The number of carbonyl (C=O) groups excluding carboxylic acids is 1. The maximum Gasteiger partial charge on any atom is 0.255 e. The molecule has 0 radical (unpaired) electrons. The molecule has 0 saturated carbocycles. The van der Waals surface area contributed by atoms with Gasteiger partial charge in [-0.15, -0.1) is 0 Å². The van der Waals surface area contributed by atoms with E-state index in [1.54, 1.807) is 18.0 Å². The first-order valence-corrected chi connectivity index (χ1v) is 11.5. The number of carbonyl (C=O) groups is 1. The number of amides is 1. The second-order valence-electron chi connectivity index (χ2n) is 8.35. The third-order valence-electron chi connectivity index (χ3n) is 5.53. The minimum Gasteiger partial charge on any atom is -0.496 e. The van der Waals surface area contributed by atoms with Gasteiger partial charge in [-0.1, -0.05) is 42.5 Å². The van der Waals surface area contributed by atoms with Crippen LogP contribution in [0, 0.1) is 0 Å². The van der Waals surface area contributed by atoms with E-state index in [1.165, 1.54) is 0 Å². The van der Waals surface area contributed by atoms with Gasteiger partial charge < -0.3 is 19.7 Å². The maximum absolute atomic E-state index is 13.3. The minimum absolute atomic E-state index is 0.209. The van der Waals surface area contributed by atoms with Crippen molar-refractivity contribution in [3.8, 4) is 28.4 Å². The van der Waals surface area contributed by atoms with Gasteiger partial charge in [0.05, 0.1) is 18.4 Å². The molecule has 7 nitrogen and oxygen atoms in total. The predicted octanol–water partition coefficient (Wildman–Crippen LogP) is 4.42. The quantitative estimate of drug-likeness (QED) is 0.372. The third-order valence-corrected chi connectivity index (χ3v) is 5.53. The zero-order valence-electron chi connectivity index (χ0n) is 20.3. The fraction of sp³-hybridized carbons (Fsp3) is 0.214. The summed E-state index contributed by atoms with van der Waals surface area (Å²) in [7, 11) is 5.64. The van der Waals surface area contributed by atoms with Gasteiger partial charge in [0.25, 0.3) is 5.91 Å². The summed E-state index contributed by atoms with van der Waals surface area (Å²) in [4.78, 5) is 15.4. The molecule has 35 heavy (non-hydrogen) atoms. The maximum atomic E-state index is 13.3. The smallest absolute Gasteiger partial charge is 0.255 e. The zero-order chi connectivity index (χ0) is 24.6. The van der Waals surface area contributed by atoms with Crippen LogP contribution in [0.15, 0.2) is 85.1 Å². The van der Waals surface area contributed by atoms with Gasteiger partial charge in [-0.25, -0.2) is 4.68 Å². The van der Waals surface area contributed by atoms with Crippen molar-refractivity contribution >= 4 is 5.91 Å². The molecule has 0 bridgehead atoms. The van der Waals surface area contributed by atoms with E-state index in [2.05, 4.69) is 10.2 Å². The predicted molar refractivity (Wildman–Crippen MR) is 137 cm³/mol. The van der Waals surface area contributed by atoms with Gasteiger partial charge in [0.15, 0.2) is 0 Å². The summed E-state index contributed by atoms with van der Waals surface area (Å²) in [5.74, 6) is 1.26. The van der Waals surface area contributed by atoms with Gasteiger partial charge in [-0.05, 0) is 56.1 Å². The molecule has 0 spiro atoms. The van der Waals surface area contributed by atoms with Crippen LogP contribution in [0.1, 0.15) is 15.9 Å². The lowest BCUT2D eigenvalue weighted by atomic mass is 10.1. The summed E-state index contributed by atoms with van der Waals surface area (Å²) in [5.41, 5.74) is 3.64. The molecule has 1 N–H and O–H groups in total. The summed E-state index contributed by atoms with van der Waals surface area (Å²) in [6.07, 6.45) is 1.76. The van der Waals surface area contributed by atoms with E-state index in [0.29, 0.717) is 30.2 Å². The molecule has 4 rings (SSSR count). The second kappa shape index (κ2) is 11.4. The number of hydrogen-bond donors (Lipinski definition) is 1. The van der Waals surface area contributed by atoms with Gasteiger partial charge in [-0.2, -0.15) is 5.10 Å². The lowest BCUT2D eigenvalue weighted by Crippen LogP contribution is -2.23. The summed E-state index contributed by atoms with van der Waals surface area (Å²) in [6.45, 7) is 1.86. The molecule has 4 aromatic rings. The monoisotopic (exact) mass is 470 g/mol. The van der Waals surface area contributed by atoms with Gasteiger partial charge in [0.1, 0.15) is 23.8 Å². The second-order valence-corrected chi connectivity index (χ2v) is 8.35. The van der Waals surface area contributed by atoms with Crippen LogP contribution in [0.25, 0.3) is 16.9 Å². The Hall–Kier alpha value is -4.10. The first-order chi connectivity index (χ1) is 17.0. The average molecular weight is 471 g/mol. The van der Waals surface area contributed by atoms with Crippen LogP contribution in [0.2, 0.25) is 0 Å². The minimum atomic E-state index is -0.209. The summed E-state index contributed by atoms with van der Waals surface area (Å²) >= 11 is 0. The highest BCUT2D eigenvalue weighted by Gasteiger charge is 2.21. The fourth-order valence-electron chi connectivity index (χ4n) is 3.62. The number of nitrogens with one attached hydrogen (secondary N) is 1. The molecule has 3 aromatic carbocycles. The van der Waals surface area contributed by atoms with E-state index >= 15 is 0 Å². The van der Waals surface area contributed by atoms with Crippen molar-refractivity contribution in [2.45, 2.75) is 6.54 Å². The van der Waals surface area contributed by atoms with E-state index < -0.39 is 0 Å². The molecule has 1 amide bonds. The summed E-state index contributed by atoms with van der Waals surface area (Å²) < 4.78 is 13.0. The molecule has 0 saturated heterocycles. The Balaban J connectivity index is 1.53. The molecule has 0 fully saturated rings. The molecular weight excluding hydrogens is 440 g/mol. The van der Waals surface area contributed by atoms with Gasteiger partial charge in [-0.3, -0.25) is 4.79 Å². The van der Waals surface area contributed by atoms with Gasteiger partial charge >= 0.3 is 0 Å². The SMILES string of the molecule is COc1ccccc1-c1nn(-c2ccccc2)cc1C(=O)NCc1ccc(OCCN(C)C)cc1. The highest BCUT2D eigenvalue weighted by Crippen LogP contribution is 2.31. The lowest BCUT2D eigenvalue weighted by Gasteiger charge is -2.11. The number of ether oxygens (including phenoxy) is 2. The Labute approximate surface area is 205 Å². The number of hydrogen-bond acceptors (Lipinski definition) is 5. The number of likely N-dealkylation sites (N-methyl/N-ethyl adjacent to an activating group) is 1. The van der Waals surface area contributed by atoms with Crippen molar-refractivity contribution in [1.29, 1.82) is 0 Å². The van der Waals surface area contributed by atoms with Crippen molar-refractivity contribution in [3.63, 3.8) is 0 Å². The van der Waals surface area contributed by atoms with Crippen LogP contribution >= 0.6 is 0 Å². The first kappa shape index (κ1) is 24.0. The first-order valence-electron chi connectivity index (χ1n) is 11.5. The van der Waals surface area contributed by atoms with E-state index in [4.69, 9.17) is 14.6 Å². The van der Waals surface area contributed by atoms with E-state index in [9.17, 15) is 4.79 Å². The van der Waals surface area contributed by atoms with Gasteiger partial charge in [0, 0.05) is 24.8 Å². The number of para-hydroxylation sites is 2. The molecule has 0 aliphatic rings. The number of nitrogens with zero attached hydrogens (tertiary/aromatic N) is 3. The Morgan fingerprint density at radius 2 is 1.69 bits per heavy atom. The van der Waals surface area contributed by atoms with Crippen LogP contribution < -0.4 is 14.8 Å². The van der Waals surface area contributed by atoms with E-state index in [-0.39, 0.29) is 5.91 Å². The molecule has 0 aliphatic carbocycles. The Kier molecular flexibility index (Phi) is 7.80. The lowest BCUT2D eigenvalue weighted by molar-refractivity contribution is 0.0951. The van der Waals surface area contributed by atoms with Crippen molar-refractivity contribution < 1.29 is 14.3 Å². The molecule has 180 valence electrons. The van der Waals surface area contributed by atoms with E-state index in [1.807, 2.05) is 93.0 Å². The Bertz CT molecular complexity index is 1250. The highest BCUT2D eigenvalue weighted by molar-refractivity contribution is 6.00. The van der Waals surface area contributed by atoms with Crippen LogP contribution in [0.3, 0.4) is 0 Å². The standard InChI is InChI=1S/C28H30N4O3/c1-31(2)17-18-35-23-15-13-21(14-16-23)19-29-28(33)25-20-32(22-9-5-4-6-10-22)30-27(25)24-11-7-8-12-26(24)34-3/h4-16,20H,17-19H2,1-3H3,(H,29,33). The zero-order valence-corrected chi connectivity index (χ0v) is 20.3. The largest absolute Gasteiger partial charge is 0.496 e. The van der Waals surface area contributed by atoms with Gasteiger partial charge in [0.2, 0.25) is 0 Å². The van der Waals surface area contributed by atoms with Crippen molar-refractivity contribution in [1.82, 2.24) is 20.0 Å². The van der Waals surface area contributed by atoms with Crippen molar-refractivity contribution in [3.05, 3.63) is 96.2 Å². The molecule has 1 aromatic heterocycles. The van der Waals surface area contributed by atoms with Crippen LogP contribution in [-0.4, -0.2) is 54.9 Å². The highest BCUT2D eigenvalue weighted by atomic mass is 16.5. The molecule has 0 atom stereocenters. The number of methoxy groups -OCH3 is 1. The summed E-state index contributed by atoms with van der Waals surface area (Å²) in [6, 6.07) is 25.0. The fourth-order valence-corrected chi connectivity index (χ4v) is 3.62. The molecule has 0 aliphatic heterocycles. The number of benzene rings is 3. The Morgan fingerprint density at radius 3 is 2.40 bits per heavy atom. The summed E-state index contributed by atoms with van der Waals surface area (Å²) in [5, 5.41) is 7.77. The average Bonchev–Trinajstić information content (AvgIpc) is 3.34. The molecule has 0 unspecified atom stereocenters. The third kappa shape index (κ3) is 6.07. The van der Waals surface area contributed by atoms with Crippen LogP contribution in [0.5, 0.6) is 11.5 Å². The topological polar surface area (TPSA) is 68.6 Å². The Morgan fingerprint density at radius 1 is 0.971 bits per heavy atom. The van der Waals surface area contributed by atoms with Crippen LogP contribution in [0.4, 0.5) is 0 Å². The number of aromatic nitrogens is 2. The van der Waals surface area contributed by atoms with E-state index in [0.717, 1.165) is 29.1 Å². The van der Waals surface area contributed by atoms with Crippen molar-refractivity contribution in [2.24, 2.45) is 0 Å². The van der Waals surface area contributed by atoms with Crippen molar-refractivity contribution in [2.75, 3.05) is 34.4 Å². The number of rotatable bonds is 10. The normalized spacial score (nSPS) is 10.9. The molecular formula is C28H30N4O3.